The van der Waals surface area contributed by atoms with E-state index in [1.165, 1.54) is 6.07 Å². The minimum Gasteiger partial charge on any atom is -0.378 e. The van der Waals surface area contributed by atoms with Gasteiger partial charge in [0.15, 0.2) is 11.6 Å². The van der Waals surface area contributed by atoms with Crippen molar-refractivity contribution in [1.82, 2.24) is 14.8 Å². The zero-order valence-corrected chi connectivity index (χ0v) is 15.3. The summed E-state index contributed by atoms with van der Waals surface area (Å²) in [5.41, 5.74) is 0. The number of halogens is 2. The van der Waals surface area contributed by atoms with E-state index in [1.807, 2.05) is 21.7 Å². The summed E-state index contributed by atoms with van der Waals surface area (Å²) in [7, 11) is 1.86. The molecule has 0 unspecified atom stereocenters. The number of nitrogens with zero attached hydrogens (tertiary/aromatic N) is 4. The maximum Gasteiger partial charge on any atom is 0.320 e. The number of hydrogen-bond donors (Lipinski definition) is 0. The molecule has 132 valence electrons. The number of aromatic nitrogens is 1. The molecule has 24 heavy (non-hydrogen) atoms. The van der Waals surface area contributed by atoms with E-state index in [0.717, 1.165) is 12.8 Å². The summed E-state index contributed by atoms with van der Waals surface area (Å²) < 4.78 is 20.0. The quantitative estimate of drug-likeness (QED) is 0.764. The van der Waals surface area contributed by atoms with Crippen LogP contribution in [0.4, 0.5) is 15.0 Å². The Bertz CT molecular complexity index is 589. The molecule has 0 saturated carbocycles. The van der Waals surface area contributed by atoms with Crippen LogP contribution in [0.15, 0.2) is 16.7 Å². The summed E-state index contributed by atoms with van der Waals surface area (Å²) in [5, 5.41) is 0. The molecule has 3 rings (SSSR count). The molecule has 2 saturated heterocycles. The van der Waals surface area contributed by atoms with Crippen molar-refractivity contribution in [3.8, 4) is 0 Å². The molecule has 6 nitrogen and oxygen atoms in total. The fourth-order valence-electron chi connectivity index (χ4n) is 3.24. The van der Waals surface area contributed by atoms with E-state index < -0.39 is 0 Å². The van der Waals surface area contributed by atoms with Crippen LogP contribution in [0.3, 0.4) is 0 Å². The van der Waals surface area contributed by atoms with Gasteiger partial charge < -0.3 is 19.4 Å². The average molecular weight is 401 g/mol. The number of ether oxygens (including phenoxy) is 1. The highest BCUT2D eigenvalue weighted by atomic mass is 79.9. The van der Waals surface area contributed by atoms with Crippen molar-refractivity contribution in [2.45, 2.75) is 18.9 Å². The highest BCUT2D eigenvalue weighted by Crippen LogP contribution is 2.25. The SMILES string of the molecule is CN(C(=O)N1CCOCC1)C1CCN(c2ncc(Br)cc2F)CC1. The van der Waals surface area contributed by atoms with Crippen molar-refractivity contribution in [2.24, 2.45) is 0 Å². The summed E-state index contributed by atoms with van der Waals surface area (Å²) in [5.74, 6) is 0.0689. The number of rotatable bonds is 2. The largest absolute Gasteiger partial charge is 0.378 e. The summed E-state index contributed by atoms with van der Waals surface area (Å²) in [6.45, 7) is 3.89. The second kappa shape index (κ2) is 7.65. The molecule has 0 N–H and O–H groups in total. The molecule has 1 aromatic heterocycles. The Morgan fingerprint density at radius 1 is 1.33 bits per heavy atom. The van der Waals surface area contributed by atoms with Gasteiger partial charge in [0.1, 0.15) is 0 Å². The van der Waals surface area contributed by atoms with Crippen LogP contribution in [0.2, 0.25) is 0 Å². The van der Waals surface area contributed by atoms with Gasteiger partial charge in [-0.25, -0.2) is 14.2 Å². The van der Waals surface area contributed by atoms with Gasteiger partial charge in [0, 0.05) is 49.9 Å². The average Bonchev–Trinajstić information content (AvgIpc) is 2.61. The number of hydrogen-bond acceptors (Lipinski definition) is 4. The van der Waals surface area contributed by atoms with E-state index in [2.05, 4.69) is 20.9 Å². The third kappa shape index (κ3) is 3.80. The van der Waals surface area contributed by atoms with Gasteiger partial charge in [0.2, 0.25) is 0 Å². The fourth-order valence-corrected chi connectivity index (χ4v) is 3.54. The lowest BCUT2D eigenvalue weighted by Crippen LogP contribution is -2.52. The van der Waals surface area contributed by atoms with E-state index in [0.29, 0.717) is 49.7 Å². The molecule has 1 aromatic rings. The Morgan fingerprint density at radius 3 is 2.62 bits per heavy atom. The lowest BCUT2D eigenvalue weighted by molar-refractivity contribution is 0.0409. The number of morpholine rings is 1. The van der Waals surface area contributed by atoms with E-state index in [9.17, 15) is 9.18 Å². The smallest absolute Gasteiger partial charge is 0.320 e. The van der Waals surface area contributed by atoms with Gasteiger partial charge in [-0.15, -0.1) is 0 Å². The summed E-state index contributed by atoms with van der Waals surface area (Å²) >= 11 is 3.22. The highest BCUT2D eigenvalue weighted by molar-refractivity contribution is 9.10. The lowest BCUT2D eigenvalue weighted by Gasteiger charge is -2.39. The molecule has 0 aromatic carbocycles. The third-order valence-corrected chi connectivity index (χ3v) is 5.12. The Morgan fingerprint density at radius 2 is 2.00 bits per heavy atom. The van der Waals surface area contributed by atoms with Gasteiger partial charge >= 0.3 is 6.03 Å². The molecule has 2 amide bonds. The third-order valence-electron chi connectivity index (χ3n) is 4.68. The molecular formula is C16H22BrFN4O2. The molecule has 2 aliphatic rings. The zero-order valence-electron chi connectivity index (χ0n) is 13.8. The predicted molar refractivity (Wildman–Crippen MR) is 92.7 cm³/mol. The van der Waals surface area contributed by atoms with Gasteiger partial charge in [-0.1, -0.05) is 0 Å². The summed E-state index contributed by atoms with van der Waals surface area (Å²) in [6.07, 6.45) is 3.23. The number of anilines is 1. The van der Waals surface area contributed by atoms with Crippen LogP contribution < -0.4 is 4.90 Å². The highest BCUT2D eigenvalue weighted by Gasteiger charge is 2.29. The second-order valence-electron chi connectivity index (χ2n) is 6.17. The zero-order chi connectivity index (χ0) is 17.1. The first-order valence-corrected chi connectivity index (χ1v) is 9.01. The molecule has 0 bridgehead atoms. The van der Waals surface area contributed by atoms with E-state index in [1.54, 1.807) is 6.20 Å². The van der Waals surface area contributed by atoms with Crippen LogP contribution in [-0.2, 0) is 4.74 Å². The normalized spacial score (nSPS) is 19.5. The Kier molecular flexibility index (Phi) is 5.55. The van der Waals surface area contributed by atoms with Crippen LogP contribution in [-0.4, -0.2) is 73.3 Å². The first kappa shape index (κ1) is 17.4. The molecule has 0 aliphatic carbocycles. The molecule has 2 aliphatic heterocycles. The van der Waals surface area contributed by atoms with Gasteiger partial charge in [0.25, 0.3) is 0 Å². The maximum absolute atomic E-state index is 14.0. The molecule has 2 fully saturated rings. The summed E-state index contributed by atoms with van der Waals surface area (Å²) in [4.78, 5) is 22.3. The number of carbonyl (C=O) groups excluding carboxylic acids is 1. The first-order chi connectivity index (χ1) is 11.6. The minimum atomic E-state index is -0.319. The van der Waals surface area contributed by atoms with E-state index in [-0.39, 0.29) is 17.9 Å². The van der Waals surface area contributed by atoms with Crippen molar-refractivity contribution in [1.29, 1.82) is 0 Å². The lowest BCUT2D eigenvalue weighted by atomic mass is 10.0. The number of piperidine rings is 1. The molecule has 0 atom stereocenters. The van der Waals surface area contributed by atoms with Crippen LogP contribution in [0, 0.1) is 5.82 Å². The predicted octanol–water partition coefficient (Wildman–Crippen LogP) is 2.34. The summed E-state index contributed by atoms with van der Waals surface area (Å²) in [6, 6.07) is 1.67. The van der Waals surface area contributed by atoms with Crippen molar-refractivity contribution in [3.05, 3.63) is 22.6 Å². The Labute approximate surface area is 149 Å². The number of carbonyl (C=O) groups is 1. The van der Waals surface area contributed by atoms with Crippen LogP contribution in [0.5, 0.6) is 0 Å². The monoisotopic (exact) mass is 400 g/mol. The number of pyridine rings is 1. The molecule has 0 radical (unpaired) electrons. The standard InChI is InChI=1S/C16H22BrFN4O2/c1-20(16(23)22-6-8-24-9-7-22)13-2-4-21(5-3-13)15-14(18)10-12(17)11-19-15/h10-11,13H,2-9H2,1H3. The number of amides is 2. The van der Waals surface area contributed by atoms with Crippen molar-refractivity contribution in [3.63, 3.8) is 0 Å². The Hall–Kier alpha value is -1.41. The van der Waals surface area contributed by atoms with Gasteiger partial charge in [-0.2, -0.15) is 0 Å². The van der Waals surface area contributed by atoms with Crippen molar-refractivity contribution >= 4 is 27.8 Å². The van der Waals surface area contributed by atoms with Crippen LogP contribution >= 0.6 is 15.9 Å². The fraction of sp³-hybridized carbons (Fsp3) is 0.625. The maximum atomic E-state index is 14.0. The Balaban J connectivity index is 1.57. The first-order valence-electron chi connectivity index (χ1n) is 8.21. The van der Waals surface area contributed by atoms with Crippen molar-refractivity contribution < 1.29 is 13.9 Å². The number of urea groups is 1. The molecule has 3 heterocycles. The minimum absolute atomic E-state index is 0.0599. The molecular weight excluding hydrogens is 379 g/mol. The van der Waals surface area contributed by atoms with Gasteiger partial charge in [-0.3, -0.25) is 0 Å². The van der Waals surface area contributed by atoms with Crippen LogP contribution in [0.25, 0.3) is 0 Å². The second-order valence-corrected chi connectivity index (χ2v) is 7.09. The van der Waals surface area contributed by atoms with E-state index in [4.69, 9.17) is 4.74 Å². The molecule has 0 spiro atoms. The van der Waals surface area contributed by atoms with E-state index >= 15 is 0 Å². The topological polar surface area (TPSA) is 48.9 Å². The molecule has 8 heteroatoms. The van der Waals surface area contributed by atoms with Gasteiger partial charge in [0.05, 0.1) is 13.2 Å². The van der Waals surface area contributed by atoms with Crippen LogP contribution in [0.1, 0.15) is 12.8 Å². The van der Waals surface area contributed by atoms with Gasteiger partial charge in [-0.05, 0) is 34.8 Å². The van der Waals surface area contributed by atoms with Crippen molar-refractivity contribution in [2.75, 3.05) is 51.3 Å².